The van der Waals surface area contributed by atoms with Crippen molar-refractivity contribution in [2.24, 2.45) is 0 Å². The van der Waals surface area contributed by atoms with Crippen molar-refractivity contribution in [3.8, 4) is 0 Å². The molecule has 0 aliphatic carbocycles. The van der Waals surface area contributed by atoms with Gasteiger partial charge < -0.3 is 4.74 Å². The summed E-state index contributed by atoms with van der Waals surface area (Å²) >= 11 is 3.41. The Morgan fingerprint density at radius 3 is 2.44 bits per heavy atom. The van der Waals surface area contributed by atoms with Crippen LogP contribution in [0, 0.1) is 6.92 Å². The number of esters is 1. The van der Waals surface area contributed by atoms with Crippen LogP contribution in [0.15, 0.2) is 76.8 Å². The molecular weight excluding hydrogens is 376 g/mol. The summed E-state index contributed by atoms with van der Waals surface area (Å²) in [5.74, 6) is 0.276. The van der Waals surface area contributed by atoms with E-state index in [2.05, 4.69) is 53.2 Å². The maximum absolute atomic E-state index is 12.2. The zero-order chi connectivity index (χ0) is 17.4. The number of fused-ring (bicyclic) bond motifs is 1. The number of aryl methyl sites for hydroxylation is 1. The molecule has 0 unspecified atom stereocenters. The van der Waals surface area contributed by atoms with Crippen LogP contribution < -0.4 is 0 Å². The van der Waals surface area contributed by atoms with Crippen LogP contribution in [0.3, 0.4) is 0 Å². The second kappa shape index (κ2) is 6.34. The number of cyclic esters (lactones) is 1. The molecule has 0 spiro atoms. The monoisotopic (exact) mass is 390 g/mol. The summed E-state index contributed by atoms with van der Waals surface area (Å²) in [5.41, 5.74) is 3.65. The number of hydrogen-bond acceptors (Lipinski definition) is 2. The molecule has 0 fully saturated rings. The predicted octanol–water partition coefficient (Wildman–Crippen LogP) is 5.89. The lowest BCUT2D eigenvalue weighted by Gasteiger charge is -2.05. The zero-order valence-corrected chi connectivity index (χ0v) is 15.2. The van der Waals surface area contributed by atoms with Gasteiger partial charge in [-0.2, -0.15) is 0 Å². The molecule has 1 aliphatic rings. The molecule has 122 valence electrons. The summed E-state index contributed by atoms with van der Waals surface area (Å²) in [7, 11) is 0. The SMILES string of the molecule is Cc1ccc2cc(C3=C/C(=C\c4ccc(Br)cc4)C(=O)O3)ccc2c1. The Hall–Kier alpha value is -2.65. The Morgan fingerprint density at radius 2 is 1.64 bits per heavy atom. The number of carbonyl (C=O) groups excluding carboxylic acids is 1. The first kappa shape index (κ1) is 15.9. The highest BCUT2D eigenvalue weighted by Crippen LogP contribution is 2.30. The topological polar surface area (TPSA) is 26.3 Å². The highest BCUT2D eigenvalue weighted by molar-refractivity contribution is 9.10. The molecule has 0 atom stereocenters. The van der Waals surface area contributed by atoms with Crippen molar-refractivity contribution >= 4 is 44.5 Å². The summed E-state index contributed by atoms with van der Waals surface area (Å²) in [5, 5.41) is 2.31. The van der Waals surface area contributed by atoms with Crippen LogP contribution in [0.25, 0.3) is 22.6 Å². The molecule has 0 aromatic heterocycles. The summed E-state index contributed by atoms with van der Waals surface area (Å²) < 4.78 is 6.48. The van der Waals surface area contributed by atoms with Gasteiger partial charge in [-0.15, -0.1) is 0 Å². The van der Waals surface area contributed by atoms with Crippen molar-refractivity contribution in [3.05, 3.63) is 93.5 Å². The van der Waals surface area contributed by atoms with Gasteiger partial charge in [0.05, 0.1) is 5.57 Å². The smallest absolute Gasteiger partial charge is 0.343 e. The second-order valence-electron chi connectivity index (χ2n) is 6.11. The standard InChI is InChI=1S/C22H15BrO2/c1-14-2-5-17-12-18(7-6-16(17)10-14)21-13-19(22(24)25-21)11-15-3-8-20(23)9-4-15/h2-13H,1H3/b19-11+. The van der Waals surface area contributed by atoms with Gasteiger partial charge in [-0.1, -0.05) is 64.0 Å². The fraction of sp³-hybridized carbons (Fsp3) is 0.0455. The van der Waals surface area contributed by atoms with E-state index in [9.17, 15) is 4.79 Å². The van der Waals surface area contributed by atoms with Gasteiger partial charge >= 0.3 is 5.97 Å². The third-order valence-corrected chi connectivity index (χ3v) is 4.73. The number of hydrogen-bond donors (Lipinski definition) is 0. The number of carbonyl (C=O) groups is 1. The van der Waals surface area contributed by atoms with Crippen molar-refractivity contribution in [3.63, 3.8) is 0 Å². The van der Waals surface area contributed by atoms with E-state index >= 15 is 0 Å². The van der Waals surface area contributed by atoms with E-state index in [4.69, 9.17) is 4.74 Å². The third-order valence-electron chi connectivity index (χ3n) is 4.20. The molecule has 3 aromatic rings. The lowest BCUT2D eigenvalue weighted by atomic mass is 10.0. The van der Waals surface area contributed by atoms with E-state index in [-0.39, 0.29) is 5.97 Å². The molecule has 2 nitrogen and oxygen atoms in total. The van der Waals surface area contributed by atoms with E-state index in [1.54, 1.807) is 6.08 Å². The van der Waals surface area contributed by atoms with Crippen LogP contribution in [0.4, 0.5) is 0 Å². The van der Waals surface area contributed by atoms with Crippen LogP contribution >= 0.6 is 15.9 Å². The van der Waals surface area contributed by atoms with Crippen molar-refractivity contribution in [1.82, 2.24) is 0 Å². The summed E-state index contributed by atoms with van der Waals surface area (Å²) in [6.45, 7) is 2.08. The van der Waals surface area contributed by atoms with Gasteiger partial charge in [0, 0.05) is 10.0 Å². The minimum atomic E-state index is -0.318. The first-order chi connectivity index (χ1) is 12.1. The Bertz CT molecular complexity index is 1040. The Kier molecular flexibility index (Phi) is 4.02. The largest absolute Gasteiger partial charge is 0.422 e. The van der Waals surface area contributed by atoms with E-state index in [1.165, 1.54) is 10.9 Å². The molecule has 0 bridgehead atoms. The zero-order valence-electron chi connectivity index (χ0n) is 13.6. The molecule has 4 rings (SSSR count). The van der Waals surface area contributed by atoms with E-state index in [1.807, 2.05) is 36.4 Å². The molecule has 25 heavy (non-hydrogen) atoms. The van der Waals surface area contributed by atoms with Gasteiger partial charge in [-0.3, -0.25) is 0 Å². The summed E-state index contributed by atoms with van der Waals surface area (Å²) in [6.07, 6.45) is 3.64. The molecule has 0 amide bonds. The fourth-order valence-corrected chi connectivity index (χ4v) is 3.15. The summed E-state index contributed by atoms with van der Waals surface area (Å²) in [4.78, 5) is 12.2. The van der Waals surface area contributed by atoms with Gasteiger partial charge in [0.2, 0.25) is 0 Å². The van der Waals surface area contributed by atoms with Crippen molar-refractivity contribution in [2.45, 2.75) is 6.92 Å². The molecule has 3 heteroatoms. The Balaban J connectivity index is 1.70. The number of rotatable bonds is 2. The van der Waals surface area contributed by atoms with Gasteiger partial charge in [0.15, 0.2) is 0 Å². The molecule has 0 saturated heterocycles. The molecular formula is C22H15BrO2. The fourth-order valence-electron chi connectivity index (χ4n) is 2.89. The average molecular weight is 391 g/mol. The predicted molar refractivity (Wildman–Crippen MR) is 105 cm³/mol. The minimum Gasteiger partial charge on any atom is -0.422 e. The normalized spacial score (nSPS) is 15.5. The van der Waals surface area contributed by atoms with Crippen LogP contribution in [0.2, 0.25) is 0 Å². The Morgan fingerprint density at radius 1 is 0.920 bits per heavy atom. The van der Waals surface area contributed by atoms with Crippen LogP contribution in [0.1, 0.15) is 16.7 Å². The first-order valence-corrected chi connectivity index (χ1v) is 8.80. The average Bonchev–Trinajstić information content (AvgIpc) is 2.97. The summed E-state index contributed by atoms with van der Waals surface area (Å²) in [6, 6.07) is 20.2. The van der Waals surface area contributed by atoms with Crippen LogP contribution in [-0.4, -0.2) is 5.97 Å². The Labute approximate surface area is 154 Å². The highest BCUT2D eigenvalue weighted by atomic mass is 79.9. The number of ether oxygens (including phenoxy) is 1. The van der Waals surface area contributed by atoms with Crippen molar-refractivity contribution in [2.75, 3.05) is 0 Å². The van der Waals surface area contributed by atoms with Gasteiger partial charge in [-0.05, 0) is 53.6 Å². The van der Waals surface area contributed by atoms with E-state index in [0.717, 1.165) is 21.0 Å². The third kappa shape index (κ3) is 3.28. The highest BCUT2D eigenvalue weighted by Gasteiger charge is 2.22. The second-order valence-corrected chi connectivity index (χ2v) is 7.03. The first-order valence-electron chi connectivity index (χ1n) is 8.00. The maximum atomic E-state index is 12.2. The molecule has 0 N–H and O–H groups in total. The van der Waals surface area contributed by atoms with Gasteiger partial charge in [0.25, 0.3) is 0 Å². The van der Waals surface area contributed by atoms with E-state index in [0.29, 0.717) is 11.3 Å². The molecule has 3 aromatic carbocycles. The maximum Gasteiger partial charge on any atom is 0.343 e. The van der Waals surface area contributed by atoms with Crippen LogP contribution in [-0.2, 0) is 9.53 Å². The number of halogens is 1. The van der Waals surface area contributed by atoms with Gasteiger partial charge in [0.1, 0.15) is 5.76 Å². The molecule has 0 saturated carbocycles. The molecule has 0 radical (unpaired) electrons. The van der Waals surface area contributed by atoms with E-state index < -0.39 is 0 Å². The lowest BCUT2D eigenvalue weighted by molar-refractivity contribution is -0.130. The quantitative estimate of drug-likeness (QED) is 0.402. The number of benzene rings is 3. The molecule has 1 heterocycles. The van der Waals surface area contributed by atoms with Crippen molar-refractivity contribution in [1.29, 1.82) is 0 Å². The van der Waals surface area contributed by atoms with Gasteiger partial charge in [-0.25, -0.2) is 4.79 Å². The van der Waals surface area contributed by atoms with Crippen LogP contribution in [0.5, 0.6) is 0 Å². The molecule has 1 aliphatic heterocycles. The van der Waals surface area contributed by atoms with Crippen molar-refractivity contribution < 1.29 is 9.53 Å². The minimum absolute atomic E-state index is 0.318. The lowest BCUT2D eigenvalue weighted by Crippen LogP contribution is -1.97.